The number of nitrogens with one attached hydrogen (secondary N) is 1. The molecule has 1 spiro atoms. The van der Waals surface area contributed by atoms with Crippen molar-refractivity contribution in [2.75, 3.05) is 26.9 Å². The topological polar surface area (TPSA) is 49.0 Å². The lowest BCUT2D eigenvalue weighted by molar-refractivity contribution is -0.0373. The number of benzene rings is 1. The van der Waals surface area contributed by atoms with E-state index in [2.05, 4.69) is 18.5 Å². The summed E-state index contributed by atoms with van der Waals surface area (Å²) in [5.41, 5.74) is 4.64. The molecule has 1 saturated heterocycles. The summed E-state index contributed by atoms with van der Waals surface area (Å²) in [6, 6.07) is 5.90. The molecule has 0 radical (unpaired) electrons. The summed E-state index contributed by atoms with van der Waals surface area (Å²) in [5.74, 6) is 1.49. The molecule has 1 fully saturated rings. The molecule has 1 atom stereocenters. The zero-order chi connectivity index (χ0) is 14.7. The van der Waals surface area contributed by atoms with Gasteiger partial charge in [-0.15, -0.1) is 0 Å². The van der Waals surface area contributed by atoms with Crippen LogP contribution in [0.25, 0.3) is 5.70 Å². The third-order valence-corrected chi connectivity index (χ3v) is 3.72. The van der Waals surface area contributed by atoms with Crippen LogP contribution in [0, 0.1) is 0 Å². The molecule has 0 bridgehead atoms. The number of ether oxygens (including phenoxy) is 3. The Morgan fingerprint density at radius 1 is 1.33 bits per heavy atom. The van der Waals surface area contributed by atoms with Crippen molar-refractivity contribution in [3.63, 3.8) is 0 Å². The average Bonchev–Trinajstić information content (AvgIpc) is 3.15. The molecule has 114 valence electrons. The highest BCUT2D eigenvalue weighted by Crippen LogP contribution is 2.35. The first-order chi connectivity index (χ1) is 10.3. The Balaban J connectivity index is 1.83. The Kier molecular flexibility index (Phi) is 4.03. The summed E-state index contributed by atoms with van der Waals surface area (Å²) in [7, 11) is 1.65. The van der Waals surface area contributed by atoms with E-state index in [4.69, 9.17) is 19.0 Å². The van der Waals surface area contributed by atoms with Crippen LogP contribution in [0.3, 0.4) is 0 Å². The van der Waals surface area contributed by atoms with Gasteiger partial charge in [-0.3, -0.25) is 10.3 Å². The van der Waals surface area contributed by atoms with Crippen molar-refractivity contribution in [1.29, 1.82) is 0 Å². The van der Waals surface area contributed by atoms with Gasteiger partial charge in [-0.25, -0.2) is 0 Å². The quantitative estimate of drug-likeness (QED) is 0.903. The van der Waals surface area contributed by atoms with Crippen molar-refractivity contribution in [1.82, 2.24) is 5.48 Å². The Morgan fingerprint density at radius 2 is 2.24 bits per heavy atom. The van der Waals surface area contributed by atoms with Crippen LogP contribution in [0.2, 0.25) is 0 Å². The Bertz CT molecular complexity index is 535. The summed E-state index contributed by atoms with van der Waals surface area (Å²) in [4.78, 5) is 5.70. The molecule has 2 aliphatic rings. The Hall–Kier alpha value is -1.72. The Morgan fingerprint density at radius 3 is 2.95 bits per heavy atom. The number of hydrogen-bond donors (Lipinski definition) is 1. The molecule has 0 aliphatic carbocycles. The fourth-order valence-corrected chi connectivity index (χ4v) is 2.54. The molecule has 5 nitrogen and oxygen atoms in total. The van der Waals surface area contributed by atoms with Crippen LogP contribution < -0.4 is 15.0 Å². The molecule has 1 N–H and O–H groups in total. The van der Waals surface area contributed by atoms with E-state index in [1.54, 1.807) is 7.11 Å². The van der Waals surface area contributed by atoms with Crippen LogP contribution >= 0.6 is 0 Å². The predicted octanol–water partition coefficient (Wildman–Crippen LogP) is 2.52. The lowest BCUT2D eigenvalue weighted by Crippen LogP contribution is -2.29. The molecular weight excluding hydrogens is 270 g/mol. The van der Waals surface area contributed by atoms with Crippen molar-refractivity contribution < 1.29 is 19.0 Å². The SMILES string of the molecule is CCCOc1ccc(C2=CC3(CCOC3)ON2)cc1OC. The standard InChI is InChI=1S/C16H21NO4/c1-3-7-20-14-5-4-12(9-15(14)18-2)13-10-16(21-17-13)6-8-19-11-16/h4-5,9-10,17H,3,6-8,11H2,1-2H3. The number of methoxy groups -OCH3 is 1. The van der Waals surface area contributed by atoms with Crippen molar-refractivity contribution in [3.8, 4) is 11.5 Å². The largest absolute Gasteiger partial charge is 0.493 e. The fourth-order valence-electron chi connectivity index (χ4n) is 2.54. The minimum atomic E-state index is -0.319. The molecule has 0 saturated carbocycles. The predicted molar refractivity (Wildman–Crippen MR) is 79.1 cm³/mol. The van der Waals surface area contributed by atoms with E-state index in [0.29, 0.717) is 13.2 Å². The van der Waals surface area contributed by atoms with Gasteiger partial charge in [0.15, 0.2) is 11.5 Å². The van der Waals surface area contributed by atoms with Crippen LogP contribution in [0.5, 0.6) is 11.5 Å². The van der Waals surface area contributed by atoms with Crippen LogP contribution in [-0.2, 0) is 9.57 Å². The maximum atomic E-state index is 5.70. The molecule has 0 amide bonds. The number of hydroxylamine groups is 1. The summed E-state index contributed by atoms with van der Waals surface area (Å²) in [5, 5.41) is 0. The first-order valence-electron chi connectivity index (χ1n) is 7.32. The first kappa shape index (κ1) is 14.2. The number of hydrogen-bond acceptors (Lipinski definition) is 5. The van der Waals surface area contributed by atoms with Crippen molar-refractivity contribution >= 4 is 5.70 Å². The zero-order valence-corrected chi connectivity index (χ0v) is 12.5. The van der Waals surface area contributed by atoms with Gasteiger partial charge in [-0.1, -0.05) is 6.92 Å². The van der Waals surface area contributed by atoms with Crippen molar-refractivity contribution in [2.24, 2.45) is 0 Å². The smallest absolute Gasteiger partial charge is 0.161 e. The lowest BCUT2D eigenvalue weighted by atomic mass is 10.0. The molecule has 3 rings (SSSR count). The lowest BCUT2D eigenvalue weighted by Gasteiger charge is -2.15. The molecule has 2 aliphatic heterocycles. The maximum absolute atomic E-state index is 5.70. The molecule has 5 heteroatoms. The summed E-state index contributed by atoms with van der Waals surface area (Å²) in [6.07, 6.45) is 3.94. The van der Waals surface area contributed by atoms with E-state index in [-0.39, 0.29) is 5.60 Å². The molecular formula is C16H21NO4. The highest BCUT2D eigenvalue weighted by atomic mass is 16.7. The van der Waals surface area contributed by atoms with Crippen molar-refractivity contribution in [2.45, 2.75) is 25.4 Å². The van der Waals surface area contributed by atoms with Gasteiger partial charge in [-0.2, -0.15) is 0 Å². The van der Waals surface area contributed by atoms with Gasteiger partial charge in [0.05, 0.1) is 26.0 Å². The second kappa shape index (κ2) is 5.95. The van der Waals surface area contributed by atoms with Gasteiger partial charge in [0.25, 0.3) is 0 Å². The third-order valence-electron chi connectivity index (χ3n) is 3.72. The van der Waals surface area contributed by atoms with E-state index >= 15 is 0 Å². The average molecular weight is 291 g/mol. The van der Waals surface area contributed by atoms with Crippen LogP contribution in [0.4, 0.5) is 0 Å². The molecule has 0 aromatic heterocycles. The zero-order valence-electron chi connectivity index (χ0n) is 12.5. The second-order valence-electron chi connectivity index (χ2n) is 5.34. The minimum Gasteiger partial charge on any atom is -0.493 e. The Labute approximate surface area is 124 Å². The monoisotopic (exact) mass is 291 g/mol. The summed E-state index contributed by atoms with van der Waals surface area (Å²) in [6.45, 7) is 4.09. The van der Waals surface area contributed by atoms with Gasteiger partial charge in [0.1, 0.15) is 5.60 Å². The second-order valence-corrected chi connectivity index (χ2v) is 5.34. The van der Waals surface area contributed by atoms with Gasteiger partial charge in [0, 0.05) is 18.6 Å². The molecule has 1 aromatic carbocycles. The molecule has 2 heterocycles. The van der Waals surface area contributed by atoms with Crippen LogP contribution in [-0.4, -0.2) is 32.5 Å². The van der Waals surface area contributed by atoms with E-state index < -0.39 is 0 Å². The highest BCUT2D eigenvalue weighted by Gasteiger charge is 2.39. The fraction of sp³-hybridized carbons (Fsp3) is 0.500. The normalized spacial score (nSPS) is 24.0. The first-order valence-corrected chi connectivity index (χ1v) is 7.32. The highest BCUT2D eigenvalue weighted by molar-refractivity contribution is 5.68. The summed E-state index contributed by atoms with van der Waals surface area (Å²) >= 11 is 0. The van der Waals surface area contributed by atoms with Gasteiger partial charge in [0.2, 0.25) is 0 Å². The maximum Gasteiger partial charge on any atom is 0.161 e. The molecule has 1 aromatic rings. The molecule has 21 heavy (non-hydrogen) atoms. The molecule has 1 unspecified atom stereocenters. The number of rotatable bonds is 5. The van der Waals surface area contributed by atoms with Gasteiger partial charge < -0.3 is 14.2 Å². The third kappa shape index (κ3) is 2.84. The van der Waals surface area contributed by atoms with Crippen LogP contribution in [0.15, 0.2) is 24.3 Å². The van der Waals surface area contributed by atoms with Crippen LogP contribution in [0.1, 0.15) is 25.3 Å². The summed E-state index contributed by atoms with van der Waals surface area (Å²) < 4.78 is 16.5. The minimum absolute atomic E-state index is 0.319. The van der Waals surface area contributed by atoms with E-state index in [1.165, 1.54) is 0 Å². The van der Waals surface area contributed by atoms with E-state index in [0.717, 1.165) is 42.2 Å². The van der Waals surface area contributed by atoms with Gasteiger partial charge >= 0.3 is 0 Å². The van der Waals surface area contributed by atoms with Crippen molar-refractivity contribution in [3.05, 3.63) is 29.8 Å². The van der Waals surface area contributed by atoms with E-state index in [1.807, 2.05) is 18.2 Å². The van der Waals surface area contributed by atoms with E-state index in [9.17, 15) is 0 Å². The van der Waals surface area contributed by atoms with Gasteiger partial charge in [-0.05, 0) is 30.7 Å².